The summed E-state index contributed by atoms with van der Waals surface area (Å²) in [5, 5.41) is 15.2. The first-order valence-electron chi connectivity index (χ1n) is 12.0. The van der Waals surface area contributed by atoms with E-state index in [0.717, 1.165) is 17.0 Å². The van der Waals surface area contributed by atoms with Crippen molar-refractivity contribution in [1.82, 2.24) is 31.0 Å². The SMILES string of the molecule is Cc1nn(C)c(C)c1CCNC(=O)[C@@H]1CC(=O)N[C@@H](C)C(=O)NCCCOc2ccccc2C(=O)N1. The van der Waals surface area contributed by atoms with Crippen LogP contribution in [0.1, 0.15) is 47.1 Å². The molecule has 11 nitrogen and oxygen atoms in total. The van der Waals surface area contributed by atoms with Gasteiger partial charge in [0.15, 0.2) is 0 Å². The van der Waals surface area contributed by atoms with Gasteiger partial charge in [-0.15, -0.1) is 0 Å². The fraction of sp³-hybridized carbons (Fsp3) is 0.480. The summed E-state index contributed by atoms with van der Waals surface area (Å²) in [5.41, 5.74) is 3.18. The highest BCUT2D eigenvalue weighted by molar-refractivity contribution is 6.01. The summed E-state index contributed by atoms with van der Waals surface area (Å²) in [6.07, 6.45) is 0.741. The molecule has 3 rings (SSSR count). The van der Waals surface area contributed by atoms with Gasteiger partial charge in [-0.1, -0.05) is 12.1 Å². The standard InChI is InChI=1S/C25H34N6O5/c1-15-18(17(3)31(4)30-15)10-12-27-25(35)20-14-22(32)28-16(2)23(33)26-11-7-13-36-21-9-6-5-8-19(21)24(34)29-20/h5-6,8-9,16,20H,7,10-14H2,1-4H3,(H,26,33)(H,27,35)(H,28,32)(H,29,34)/t16-,20-/m0/s1. The highest BCUT2D eigenvalue weighted by Gasteiger charge is 2.27. The lowest BCUT2D eigenvalue weighted by molar-refractivity contribution is -0.130. The van der Waals surface area contributed by atoms with Crippen molar-refractivity contribution >= 4 is 23.6 Å². The van der Waals surface area contributed by atoms with Crippen molar-refractivity contribution in [2.75, 3.05) is 19.7 Å². The van der Waals surface area contributed by atoms with Gasteiger partial charge < -0.3 is 26.0 Å². The number of nitrogens with one attached hydrogen (secondary N) is 4. The Morgan fingerprint density at radius 2 is 1.94 bits per heavy atom. The molecule has 0 bridgehead atoms. The molecule has 0 saturated carbocycles. The molecule has 2 heterocycles. The van der Waals surface area contributed by atoms with Crippen LogP contribution in [0.5, 0.6) is 5.75 Å². The number of benzene rings is 1. The van der Waals surface area contributed by atoms with E-state index in [4.69, 9.17) is 4.74 Å². The number of carbonyl (C=O) groups is 4. The molecule has 36 heavy (non-hydrogen) atoms. The predicted molar refractivity (Wildman–Crippen MR) is 132 cm³/mol. The van der Waals surface area contributed by atoms with Gasteiger partial charge in [-0.25, -0.2) is 0 Å². The molecule has 0 aliphatic carbocycles. The quantitative estimate of drug-likeness (QED) is 0.477. The highest BCUT2D eigenvalue weighted by Crippen LogP contribution is 2.18. The Kier molecular flexibility index (Phi) is 9.04. The summed E-state index contributed by atoms with van der Waals surface area (Å²) in [6.45, 7) is 6.36. The normalized spacial score (nSPS) is 19.5. The second-order valence-electron chi connectivity index (χ2n) is 8.82. The Morgan fingerprint density at radius 3 is 2.67 bits per heavy atom. The van der Waals surface area contributed by atoms with Crippen molar-refractivity contribution in [1.29, 1.82) is 0 Å². The number of hydrogen-bond acceptors (Lipinski definition) is 6. The number of para-hydroxylation sites is 1. The third-order valence-corrected chi connectivity index (χ3v) is 6.12. The van der Waals surface area contributed by atoms with Gasteiger partial charge in [-0.05, 0) is 51.3 Å². The molecule has 11 heteroatoms. The molecule has 2 aromatic rings. The Labute approximate surface area is 210 Å². The molecule has 1 aromatic heterocycles. The van der Waals surface area contributed by atoms with Crippen LogP contribution in [0, 0.1) is 13.8 Å². The molecule has 0 unspecified atom stereocenters. The molecule has 0 spiro atoms. The number of ether oxygens (including phenoxy) is 1. The molecule has 0 radical (unpaired) electrons. The zero-order valence-corrected chi connectivity index (χ0v) is 21.1. The lowest BCUT2D eigenvalue weighted by Gasteiger charge is -2.20. The number of carbonyl (C=O) groups excluding carboxylic acids is 4. The third kappa shape index (κ3) is 6.83. The summed E-state index contributed by atoms with van der Waals surface area (Å²) in [6, 6.07) is 4.74. The molecule has 4 amide bonds. The lowest BCUT2D eigenvalue weighted by atomic mass is 10.1. The van der Waals surface area contributed by atoms with Gasteiger partial charge in [0.1, 0.15) is 17.8 Å². The molecule has 1 aliphatic heterocycles. The topological polar surface area (TPSA) is 143 Å². The minimum atomic E-state index is -1.15. The number of aromatic nitrogens is 2. The van der Waals surface area contributed by atoms with Crippen LogP contribution in [0.25, 0.3) is 0 Å². The van der Waals surface area contributed by atoms with Crippen LogP contribution in [0.2, 0.25) is 0 Å². The summed E-state index contributed by atoms with van der Waals surface area (Å²) < 4.78 is 7.53. The molecule has 0 saturated heterocycles. The van der Waals surface area contributed by atoms with E-state index < -0.39 is 29.8 Å². The van der Waals surface area contributed by atoms with Crippen molar-refractivity contribution in [3.8, 4) is 5.75 Å². The van der Waals surface area contributed by atoms with Crippen LogP contribution < -0.4 is 26.0 Å². The molecule has 1 aliphatic rings. The number of aryl methyl sites for hydroxylation is 2. The Bertz CT molecular complexity index is 1130. The second-order valence-corrected chi connectivity index (χ2v) is 8.82. The Morgan fingerprint density at radius 1 is 1.19 bits per heavy atom. The van der Waals surface area contributed by atoms with Crippen molar-refractivity contribution < 1.29 is 23.9 Å². The summed E-state index contributed by atoms with van der Waals surface area (Å²) in [7, 11) is 1.86. The van der Waals surface area contributed by atoms with Gasteiger partial charge in [-0.3, -0.25) is 23.9 Å². The summed E-state index contributed by atoms with van der Waals surface area (Å²) in [4.78, 5) is 51.1. The van der Waals surface area contributed by atoms with Crippen LogP contribution in [0.4, 0.5) is 0 Å². The fourth-order valence-electron chi connectivity index (χ4n) is 4.01. The van der Waals surface area contributed by atoms with Gasteiger partial charge in [0, 0.05) is 25.8 Å². The molecule has 4 N–H and O–H groups in total. The molecule has 2 atom stereocenters. The van der Waals surface area contributed by atoms with E-state index in [0.29, 0.717) is 31.7 Å². The third-order valence-electron chi connectivity index (χ3n) is 6.12. The zero-order valence-electron chi connectivity index (χ0n) is 21.1. The van der Waals surface area contributed by atoms with E-state index >= 15 is 0 Å². The van der Waals surface area contributed by atoms with Crippen LogP contribution in [0.3, 0.4) is 0 Å². The fourth-order valence-corrected chi connectivity index (χ4v) is 4.01. The second kappa shape index (κ2) is 12.2. The lowest BCUT2D eigenvalue weighted by Crippen LogP contribution is -2.51. The Balaban J connectivity index is 1.77. The minimum absolute atomic E-state index is 0.254. The van der Waals surface area contributed by atoms with Crippen LogP contribution >= 0.6 is 0 Å². The van der Waals surface area contributed by atoms with E-state index in [9.17, 15) is 19.2 Å². The average molecular weight is 499 g/mol. The number of amides is 4. The van der Waals surface area contributed by atoms with Crippen molar-refractivity contribution in [2.45, 2.75) is 52.1 Å². The van der Waals surface area contributed by atoms with E-state index in [1.54, 1.807) is 35.9 Å². The average Bonchev–Trinajstić information content (AvgIpc) is 3.08. The van der Waals surface area contributed by atoms with E-state index in [-0.39, 0.29) is 24.5 Å². The van der Waals surface area contributed by atoms with E-state index in [1.807, 2.05) is 20.9 Å². The first kappa shape index (κ1) is 26.7. The van der Waals surface area contributed by atoms with Crippen molar-refractivity contribution in [2.24, 2.45) is 7.05 Å². The van der Waals surface area contributed by atoms with Crippen LogP contribution in [0.15, 0.2) is 24.3 Å². The van der Waals surface area contributed by atoms with Gasteiger partial charge >= 0.3 is 0 Å². The first-order chi connectivity index (χ1) is 17.2. The number of hydrogen-bond donors (Lipinski definition) is 4. The molecule has 1 aromatic carbocycles. The van der Waals surface area contributed by atoms with Crippen molar-refractivity contribution in [3.63, 3.8) is 0 Å². The number of fused-ring (bicyclic) bond motifs is 1. The van der Waals surface area contributed by atoms with Gasteiger partial charge in [0.2, 0.25) is 17.7 Å². The number of rotatable bonds is 4. The maximum Gasteiger partial charge on any atom is 0.255 e. The summed E-state index contributed by atoms with van der Waals surface area (Å²) >= 11 is 0. The molecule has 194 valence electrons. The maximum atomic E-state index is 13.1. The van der Waals surface area contributed by atoms with E-state index in [1.165, 1.54) is 0 Å². The van der Waals surface area contributed by atoms with Crippen molar-refractivity contribution in [3.05, 3.63) is 46.8 Å². The summed E-state index contributed by atoms with van der Waals surface area (Å²) in [5.74, 6) is -1.55. The highest BCUT2D eigenvalue weighted by atomic mass is 16.5. The smallest absolute Gasteiger partial charge is 0.255 e. The van der Waals surface area contributed by atoms with Crippen LogP contribution in [-0.4, -0.2) is 65.2 Å². The minimum Gasteiger partial charge on any atom is -0.493 e. The molecular formula is C25H34N6O5. The Hall–Kier alpha value is -3.89. The van der Waals surface area contributed by atoms with Crippen LogP contribution in [-0.2, 0) is 27.9 Å². The predicted octanol–water partition coefficient (Wildman–Crippen LogP) is 0.288. The van der Waals surface area contributed by atoms with Gasteiger partial charge in [-0.2, -0.15) is 5.10 Å². The molecular weight excluding hydrogens is 464 g/mol. The largest absolute Gasteiger partial charge is 0.493 e. The van der Waals surface area contributed by atoms with E-state index in [2.05, 4.69) is 26.4 Å². The number of nitrogens with zero attached hydrogens (tertiary/aromatic N) is 2. The van der Waals surface area contributed by atoms with Gasteiger partial charge in [0.25, 0.3) is 5.91 Å². The zero-order chi connectivity index (χ0) is 26.2. The molecule has 0 fully saturated rings. The maximum absolute atomic E-state index is 13.1. The first-order valence-corrected chi connectivity index (χ1v) is 12.0. The monoisotopic (exact) mass is 498 g/mol. The van der Waals surface area contributed by atoms with Gasteiger partial charge in [0.05, 0.1) is 24.3 Å².